The first-order chi connectivity index (χ1) is 28.0. The Balaban J connectivity index is 4.53. The molecular formula is C51H84O6. The minimum absolute atomic E-state index is 0.115. The fraction of sp³-hybridized carbons (Fsp3) is 0.667. The topological polar surface area (TPSA) is 78.9 Å². The van der Waals surface area contributed by atoms with Crippen LogP contribution in [0.25, 0.3) is 0 Å². The van der Waals surface area contributed by atoms with Gasteiger partial charge < -0.3 is 14.2 Å². The normalized spacial score (nSPS) is 12.8. The van der Waals surface area contributed by atoms with E-state index in [1.54, 1.807) is 0 Å². The largest absolute Gasteiger partial charge is 0.462 e. The van der Waals surface area contributed by atoms with E-state index in [2.05, 4.69) is 93.7 Å². The van der Waals surface area contributed by atoms with Crippen molar-refractivity contribution in [2.75, 3.05) is 13.2 Å². The smallest absolute Gasteiger partial charge is 0.306 e. The van der Waals surface area contributed by atoms with Crippen LogP contribution >= 0.6 is 0 Å². The second kappa shape index (κ2) is 45.3. The van der Waals surface area contributed by atoms with Gasteiger partial charge in [-0.25, -0.2) is 0 Å². The second-order valence-corrected chi connectivity index (χ2v) is 14.9. The van der Waals surface area contributed by atoms with E-state index in [1.165, 1.54) is 51.4 Å². The first-order valence-electron chi connectivity index (χ1n) is 23.1. The lowest BCUT2D eigenvalue weighted by Crippen LogP contribution is -2.30. The van der Waals surface area contributed by atoms with Crippen LogP contribution in [0, 0.1) is 0 Å². The Kier molecular flexibility index (Phi) is 42.6. The summed E-state index contributed by atoms with van der Waals surface area (Å²) in [6, 6.07) is 0. The molecule has 0 amide bonds. The number of hydrogen-bond donors (Lipinski definition) is 0. The standard InChI is InChI=1S/C51H84O6/c1-4-7-10-13-16-19-22-25-27-29-32-35-38-41-44-50(53)56-47-48(46-55-49(52)43-40-37-34-31-28-24-21-18-15-12-9-6-3)57-51(54)45-42-39-36-33-30-26-23-20-17-14-11-8-5-2/h8,11,13,16-18,20-22,25-26,30,36,39,48H,4-7,9-10,12,14-15,19,23-24,27-29,31-35,37-38,40-47H2,1-3H3/b11-8-,16-13-,20-17-,21-18-,25-22-,30-26-,39-36-. The molecule has 6 heteroatoms. The molecule has 0 spiro atoms. The maximum absolute atomic E-state index is 12.7. The van der Waals surface area contributed by atoms with E-state index < -0.39 is 12.1 Å². The molecule has 0 aliphatic heterocycles. The Morgan fingerprint density at radius 2 is 0.737 bits per heavy atom. The molecule has 0 aromatic rings. The van der Waals surface area contributed by atoms with E-state index in [0.29, 0.717) is 19.3 Å². The van der Waals surface area contributed by atoms with Gasteiger partial charge in [-0.05, 0) is 96.3 Å². The van der Waals surface area contributed by atoms with Crippen molar-refractivity contribution in [3.05, 3.63) is 85.1 Å². The van der Waals surface area contributed by atoms with Crippen LogP contribution in [0.2, 0.25) is 0 Å². The van der Waals surface area contributed by atoms with Crippen molar-refractivity contribution in [2.45, 2.75) is 207 Å². The molecule has 0 aliphatic rings. The van der Waals surface area contributed by atoms with Gasteiger partial charge in [0.2, 0.25) is 0 Å². The highest BCUT2D eigenvalue weighted by atomic mass is 16.6. The molecule has 0 bridgehead atoms. The van der Waals surface area contributed by atoms with Crippen LogP contribution in [0.15, 0.2) is 85.1 Å². The van der Waals surface area contributed by atoms with Crippen molar-refractivity contribution in [2.24, 2.45) is 0 Å². The number of esters is 3. The van der Waals surface area contributed by atoms with E-state index in [4.69, 9.17) is 14.2 Å². The van der Waals surface area contributed by atoms with Crippen molar-refractivity contribution in [1.29, 1.82) is 0 Å². The SMILES string of the molecule is CC/C=C\C/C=C\C/C=C\C/C=C\CCC(=O)OC(COC(=O)CCCCCCC/C=C\C/C=C\CCCC)COC(=O)CCCCCCC/C=C\CCCCC. The van der Waals surface area contributed by atoms with Gasteiger partial charge in [-0.15, -0.1) is 0 Å². The number of unbranched alkanes of at least 4 members (excludes halogenated alkanes) is 15. The minimum atomic E-state index is -0.822. The highest BCUT2D eigenvalue weighted by Gasteiger charge is 2.19. The van der Waals surface area contributed by atoms with Crippen molar-refractivity contribution >= 4 is 17.9 Å². The number of hydrogen-bond acceptors (Lipinski definition) is 6. The minimum Gasteiger partial charge on any atom is -0.462 e. The van der Waals surface area contributed by atoms with E-state index in [-0.39, 0.29) is 31.6 Å². The number of carbonyl (C=O) groups is 3. The van der Waals surface area contributed by atoms with Gasteiger partial charge in [0, 0.05) is 19.3 Å². The lowest BCUT2D eigenvalue weighted by atomic mass is 10.1. The molecule has 324 valence electrons. The molecule has 0 radical (unpaired) electrons. The lowest BCUT2D eigenvalue weighted by molar-refractivity contribution is -0.166. The molecule has 0 saturated carbocycles. The first-order valence-corrected chi connectivity index (χ1v) is 23.1. The third-order valence-electron chi connectivity index (χ3n) is 9.37. The van der Waals surface area contributed by atoms with E-state index >= 15 is 0 Å². The summed E-state index contributed by atoms with van der Waals surface area (Å²) in [4.78, 5) is 37.7. The predicted octanol–water partition coefficient (Wildman–Crippen LogP) is 14.9. The van der Waals surface area contributed by atoms with Crippen LogP contribution in [0.3, 0.4) is 0 Å². The maximum Gasteiger partial charge on any atom is 0.306 e. The Morgan fingerprint density at radius 1 is 0.368 bits per heavy atom. The summed E-state index contributed by atoms with van der Waals surface area (Å²) in [7, 11) is 0. The van der Waals surface area contributed by atoms with Gasteiger partial charge in [-0.3, -0.25) is 14.4 Å². The predicted molar refractivity (Wildman–Crippen MR) is 242 cm³/mol. The van der Waals surface area contributed by atoms with Crippen LogP contribution in [-0.2, 0) is 28.6 Å². The molecule has 0 fully saturated rings. The zero-order valence-electron chi connectivity index (χ0n) is 36.8. The summed E-state index contributed by atoms with van der Waals surface area (Å²) in [5.74, 6) is -1.03. The number of ether oxygens (including phenoxy) is 3. The Labute approximate surface area is 350 Å². The quantitative estimate of drug-likeness (QED) is 0.0266. The molecule has 0 aromatic carbocycles. The summed E-state index contributed by atoms with van der Waals surface area (Å²) in [6.07, 6.45) is 57.2. The zero-order chi connectivity index (χ0) is 41.5. The van der Waals surface area contributed by atoms with Crippen LogP contribution in [0.4, 0.5) is 0 Å². The highest BCUT2D eigenvalue weighted by Crippen LogP contribution is 2.12. The molecule has 1 atom stereocenters. The first kappa shape index (κ1) is 53.6. The average molecular weight is 793 g/mol. The molecule has 0 aromatic heterocycles. The number of carbonyl (C=O) groups excluding carboxylic acids is 3. The van der Waals surface area contributed by atoms with Gasteiger partial charge >= 0.3 is 17.9 Å². The molecule has 0 saturated heterocycles. The zero-order valence-corrected chi connectivity index (χ0v) is 36.8. The van der Waals surface area contributed by atoms with Gasteiger partial charge in [-0.1, -0.05) is 170 Å². The molecule has 57 heavy (non-hydrogen) atoms. The lowest BCUT2D eigenvalue weighted by Gasteiger charge is -2.18. The van der Waals surface area contributed by atoms with Crippen molar-refractivity contribution in [3.63, 3.8) is 0 Å². The van der Waals surface area contributed by atoms with Crippen molar-refractivity contribution in [3.8, 4) is 0 Å². The maximum atomic E-state index is 12.7. The van der Waals surface area contributed by atoms with E-state index in [0.717, 1.165) is 103 Å². The third kappa shape index (κ3) is 43.6. The van der Waals surface area contributed by atoms with Gasteiger partial charge in [0.15, 0.2) is 6.10 Å². The van der Waals surface area contributed by atoms with Crippen molar-refractivity contribution < 1.29 is 28.6 Å². The highest BCUT2D eigenvalue weighted by molar-refractivity contribution is 5.71. The number of allylic oxidation sites excluding steroid dienone is 14. The molecular weight excluding hydrogens is 709 g/mol. The van der Waals surface area contributed by atoms with Crippen molar-refractivity contribution in [1.82, 2.24) is 0 Å². The monoisotopic (exact) mass is 793 g/mol. The van der Waals surface area contributed by atoms with Gasteiger partial charge in [-0.2, -0.15) is 0 Å². The van der Waals surface area contributed by atoms with Gasteiger partial charge in [0.25, 0.3) is 0 Å². The molecule has 6 nitrogen and oxygen atoms in total. The Bertz CT molecular complexity index is 1140. The van der Waals surface area contributed by atoms with Crippen LogP contribution in [-0.4, -0.2) is 37.2 Å². The third-order valence-corrected chi connectivity index (χ3v) is 9.37. The molecule has 0 N–H and O–H groups in total. The summed E-state index contributed by atoms with van der Waals surface area (Å²) >= 11 is 0. The fourth-order valence-electron chi connectivity index (χ4n) is 5.88. The van der Waals surface area contributed by atoms with Gasteiger partial charge in [0.1, 0.15) is 13.2 Å². The van der Waals surface area contributed by atoms with E-state index in [1.807, 2.05) is 12.2 Å². The second-order valence-electron chi connectivity index (χ2n) is 14.9. The fourth-order valence-corrected chi connectivity index (χ4v) is 5.88. The molecule has 0 heterocycles. The summed E-state index contributed by atoms with van der Waals surface area (Å²) in [5, 5.41) is 0. The Morgan fingerprint density at radius 3 is 1.21 bits per heavy atom. The average Bonchev–Trinajstić information content (AvgIpc) is 3.21. The Hall–Kier alpha value is -3.41. The van der Waals surface area contributed by atoms with Gasteiger partial charge in [0.05, 0.1) is 0 Å². The summed E-state index contributed by atoms with van der Waals surface area (Å²) in [6.45, 7) is 6.35. The van der Waals surface area contributed by atoms with Crippen LogP contribution in [0.1, 0.15) is 201 Å². The number of rotatable bonds is 40. The molecule has 1 unspecified atom stereocenters. The van der Waals surface area contributed by atoms with E-state index in [9.17, 15) is 14.4 Å². The molecule has 0 rings (SSSR count). The molecule has 0 aliphatic carbocycles. The summed E-state index contributed by atoms with van der Waals surface area (Å²) in [5.41, 5.74) is 0. The van der Waals surface area contributed by atoms with Crippen LogP contribution < -0.4 is 0 Å². The summed E-state index contributed by atoms with van der Waals surface area (Å²) < 4.78 is 16.6. The van der Waals surface area contributed by atoms with Crippen LogP contribution in [0.5, 0.6) is 0 Å².